The van der Waals surface area contributed by atoms with Crippen molar-refractivity contribution >= 4 is 5.91 Å². The first-order valence-corrected chi connectivity index (χ1v) is 6.64. The number of nitriles is 1. The van der Waals surface area contributed by atoms with Crippen LogP contribution in [0, 0.1) is 11.3 Å². The Labute approximate surface area is 119 Å². The number of benzene rings is 1. The fraction of sp³-hybridized carbons (Fsp3) is 0.467. The lowest BCUT2D eigenvalue weighted by molar-refractivity contribution is -0.121. The molecule has 0 saturated heterocycles. The molecule has 0 heterocycles. The van der Waals surface area contributed by atoms with Crippen LogP contribution in [-0.2, 0) is 11.3 Å². The number of hydrogen-bond acceptors (Lipinski definition) is 4. The second-order valence-electron chi connectivity index (χ2n) is 4.79. The summed E-state index contributed by atoms with van der Waals surface area (Å²) in [5.74, 6) is 0.772. The van der Waals surface area contributed by atoms with Crippen molar-refractivity contribution < 1.29 is 9.53 Å². The van der Waals surface area contributed by atoms with Crippen LogP contribution >= 0.6 is 0 Å². The summed E-state index contributed by atoms with van der Waals surface area (Å²) < 4.78 is 5.25. The molecule has 0 aliphatic carbocycles. The van der Waals surface area contributed by atoms with Crippen molar-refractivity contribution in [3.8, 4) is 11.8 Å². The minimum absolute atomic E-state index is 0.0326. The number of ether oxygens (including phenoxy) is 1. The summed E-state index contributed by atoms with van der Waals surface area (Å²) >= 11 is 0. The largest absolute Gasteiger partial charge is 0.496 e. The van der Waals surface area contributed by atoms with E-state index in [1.54, 1.807) is 25.3 Å². The van der Waals surface area contributed by atoms with Crippen molar-refractivity contribution in [1.29, 1.82) is 5.26 Å². The highest BCUT2D eigenvalue weighted by Crippen LogP contribution is 2.19. The molecule has 0 aliphatic rings. The van der Waals surface area contributed by atoms with E-state index >= 15 is 0 Å². The first-order chi connectivity index (χ1) is 9.56. The summed E-state index contributed by atoms with van der Waals surface area (Å²) in [4.78, 5) is 11.5. The van der Waals surface area contributed by atoms with Gasteiger partial charge in [0.15, 0.2) is 0 Å². The van der Waals surface area contributed by atoms with Gasteiger partial charge in [-0.25, -0.2) is 0 Å². The van der Waals surface area contributed by atoms with Gasteiger partial charge in [-0.05, 0) is 32.0 Å². The van der Waals surface area contributed by atoms with Gasteiger partial charge in [-0.1, -0.05) is 0 Å². The Kier molecular flexibility index (Phi) is 6.54. The van der Waals surface area contributed by atoms with Crippen LogP contribution in [0.3, 0.4) is 0 Å². The highest BCUT2D eigenvalue weighted by atomic mass is 16.5. The van der Waals surface area contributed by atoms with Crippen LogP contribution in [0.15, 0.2) is 18.2 Å². The quantitative estimate of drug-likeness (QED) is 0.741. The van der Waals surface area contributed by atoms with Crippen LogP contribution in [0.2, 0.25) is 0 Å². The highest BCUT2D eigenvalue weighted by Gasteiger charge is 2.06. The van der Waals surface area contributed by atoms with Crippen LogP contribution in [0.5, 0.6) is 5.75 Å². The Balaban J connectivity index is 2.45. The number of methoxy groups -OCH3 is 1. The summed E-state index contributed by atoms with van der Waals surface area (Å²) in [5.41, 5.74) is 1.51. The standard InChI is InChI=1S/C15H21N3O2/c1-11(2)18-15(19)6-7-17-10-13-8-12(9-16)4-5-14(13)20-3/h4-5,8,11,17H,6-7,10H2,1-3H3,(H,18,19). The van der Waals surface area contributed by atoms with Crippen molar-refractivity contribution in [2.24, 2.45) is 0 Å². The monoisotopic (exact) mass is 275 g/mol. The summed E-state index contributed by atoms with van der Waals surface area (Å²) in [6.45, 7) is 5.01. The van der Waals surface area contributed by atoms with Crippen LogP contribution in [0.4, 0.5) is 0 Å². The maximum absolute atomic E-state index is 11.5. The van der Waals surface area contributed by atoms with Crippen molar-refractivity contribution in [2.45, 2.75) is 32.9 Å². The molecule has 0 unspecified atom stereocenters. The van der Waals surface area contributed by atoms with Gasteiger partial charge >= 0.3 is 0 Å². The van der Waals surface area contributed by atoms with E-state index in [-0.39, 0.29) is 11.9 Å². The number of nitrogens with zero attached hydrogens (tertiary/aromatic N) is 1. The summed E-state index contributed by atoms with van der Waals surface area (Å²) in [5, 5.41) is 14.9. The summed E-state index contributed by atoms with van der Waals surface area (Å²) in [6.07, 6.45) is 0.429. The van der Waals surface area contributed by atoms with E-state index in [4.69, 9.17) is 10.00 Å². The molecule has 0 radical (unpaired) electrons. The van der Waals surface area contributed by atoms with Gasteiger partial charge in [-0.15, -0.1) is 0 Å². The molecule has 0 aliphatic heterocycles. The molecule has 1 aromatic carbocycles. The number of carbonyl (C=O) groups excluding carboxylic acids is 1. The molecule has 0 bridgehead atoms. The number of rotatable bonds is 7. The Morgan fingerprint density at radius 2 is 2.20 bits per heavy atom. The molecule has 0 fully saturated rings. The highest BCUT2D eigenvalue weighted by molar-refractivity contribution is 5.76. The molecule has 0 atom stereocenters. The Hall–Kier alpha value is -2.06. The van der Waals surface area contributed by atoms with Crippen molar-refractivity contribution in [3.63, 3.8) is 0 Å². The molecule has 5 heteroatoms. The number of carbonyl (C=O) groups is 1. The lowest BCUT2D eigenvalue weighted by Gasteiger charge is -2.11. The molecular weight excluding hydrogens is 254 g/mol. The number of hydrogen-bond donors (Lipinski definition) is 2. The van der Waals surface area contributed by atoms with Gasteiger partial charge in [-0.3, -0.25) is 4.79 Å². The van der Waals surface area contributed by atoms with Gasteiger partial charge in [0.25, 0.3) is 0 Å². The topological polar surface area (TPSA) is 74.1 Å². The second kappa shape index (κ2) is 8.18. The smallest absolute Gasteiger partial charge is 0.221 e. The van der Waals surface area contributed by atoms with Gasteiger partial charge in [-0.2, -0.15) is 5.26 Å². The third-order valence-corrected chi connectivity index (χ3v) is 2.70. The molecule has 0 aromatic heterocycles. The predicted molar refractivity (Wildman–Crippen MR) is 77.3 cm³/mol. The average molecular weight is 275 g/mol. The fourth-order valence-corrected chi connectivity index (χ4v) is 1.81. The van der Waals surface area contributed by atoms with E-state index in [9.17, 15) is 4.79 Å². The molecule has 1 amide bonds. The zero-order valence-electron chi connectivity index (χ0n) is 12.2. The second-order valence-corrected chi connectivity index (χ2v) is 4.79. The molecule has 1 aromatic rings. The first-order valence-electron chi connectivity index (χ1n) is 6.64. The molecule has 0 saturated carbocycles. The Bertz CT molecular complexity index is 492. The van der Waals surface area contributed by atoms with Gasteiger partial charge in [0, 0.05) is 31.1 Å². The van der Waals surface area contributed by atoms with E-state index in [1.165, 1.54) is 0 Å². The molecule has 5 nitrogen and oxygen atoms in total. The molecule has 1 rings (SSSR count). The molecule has 108 valence electrons. The Morgan fingerprint density at radius 1 is 1.45 bits per heavy atom. The van der Waals surface area contributed by atoms with Gasteiger partial charge in [0.2, 0.25) is 5.91 Å². The van der Waals surface area contributed by atoms with Gasteiger partial charge < -0.3 is 15.4 Å². The minimum atomic E-state index is 0.0326. The van der Waals surface area contributed by atoms with Crippen molar-refractivity contribution in [2.75, 3.05) is 13.7 Å². The maximum atomic E-state index is 11.5. The lowest BCUT2D eigenvalue weighted by atomic mass is 10.1. The van der Waals surface area contributed by atoms with E-state index < -0.39 is 0 Å². The number of amides is 1. The van der Waals surface area contributed by atoms with Crippen molar-refractivity contribution in [3.05, 3.63) is 29.3 Å². The normalized spacial score (nSPS) is 10.2. The third kappa shape index (κ3) is 5.29. The minimum Gasteiger partial charge on any atom is -0.496 e. The van der Waals surface area contributed by atoms with Crippen molar-refractivity contribution in [1.82, 2.24) is 10.6 Å². The third-order valence-electron chi connectivity index (χ3n) is 2.70. The Morgan fingerprint density at radius 3 is 2.80 bits per heavy atom. The fourth-order valence-electron chi connectivity index (χ4n) is 1.81. The van der Waals surface area contributed by atoms with Crippen LogP contribution in [0.25, 0.3) is 0 Å². The van der Waals surface area contributed by atoms with Gasteiger partial charge in [0.05, 0.1) is 18.7 Å². The SMILES string of the molecule is COc1ccc(C#N)cc1CNCCC(=O)NC(C)C. The van der Waals surface area contributed by atoms with Gasteiger partial charge in [0.1, 0.15) is 5.75 Å². The number of nitrogens with one attached hydrogen (secondary N) is 2. The lowest BCUT2D eigenvalue weighted by Crippen LogP contribution is -2.32. The predicted octanol–water partition coefficient (Wildman–Crippen LogP) is 1.57. The van der Waals surface area contributed by atoms with Crippen LogP contribution < -0.4 is 15.4 Å². The zero-order valence-corrected chi connectivity index (χ0v) is 12.2. The average Bonchev–Trinajstić information content (AvgIpc) is 2.42. The molecule has 20 heavy (non-hydrogen) atoms. The van der Waals surface area contributed by atoms with E-state index in [1.807, 2.05) is 13.8 Å². The van der Waals surface area contributed by atoms with E-state index in [0.717, 1.165) is 11.3 Å². The molecule has 2 N–H and O–H groups in total. The summed E-state index contributed by atoms with van der Waals surface area (Å²) in [6, 6.07) is 7.55. The molecular formula is C15H21N3O2. The maximum Gasteiger partial charge on any atom is 0.221 e. The van der Waals surface area contributed by atoms with Crippen LogP contribution in [-0.4, -0.2) is 25.6 Å². The summed E-state index contributed by atoms with van der Waals surface area (Å²) in [7, 11) is 1.60. The first kappa shape index (κ1) is 16.0. The molecule has 0 spiro atoms. The van der Waals surface area contributed by atoms with E-state index in [0.29, 0.717) is 25.1 Å². The van der Waals surface area contributed by atoms with E-state index in [2.05, 4.69) is 16.7 Å². The zero-order chi connectivity index (χ0) is 15.0. The van der Waals surface area contributed by atoms with Crippen LogP contribution in [0.1, 0.15) is 31.4 Å².